The first-order chi connectivity index (χ1) is 9.30. The maximum Gasteiger partial charge on any atom is 0.258 e. The summed E-state index contributed by atoms with van der Waals surface area (Å²) in [5, 5.41) is 2.74. The molecule has 7 heteroatoms. The van der Waals surface area contributed by atoms with E-state index in [0.717, 1.165) is 4.47 Å². The van der Waals surface area contributed by atoms with Crippen LogP contribution in [0, 0.1) is 0 Å². The summed E-state index contributed by atoms with van der Waals surface area (Å²) in [4.78, 5) is 11.9. The molecule has 1 fully saturated rings. The van der Waals surface area contributed by atoms with Gasteiger partial charge in [-0.2, -0.15) is 0 Å². The molecule has 1 aliphatic heterocycles. The number of benzene rings is 1. The summed E-state index contributed by atoms with van der Waals surface area (Å²) in [6.45, 7) is 1.60. The summed E-state index contributed by atoms with van der Waals surface area (Å²) in [5.41, 5.74) is -0.687. The normalized spacial score (nSPS) is 24.3. The van der Waals surface area contributed by atoms with Crippen LogP contribution in [0.15, 0.2) is 28.7 Å². The van der Waals surface area contributed by atoms with Crippen LogP contribution in [0.25, 0.3) is 0 Å². The molecular formula is C13H16BrNO4S. The van der Waals surface area contributed by atoms with Crippen LogP contribution >= 0.6 is 15.9 Å². The molecule has 0 bridgehead atoms. The van der Waals surface area contributed by atoms with Gasteiger partial charge in [0.1, 0.15) is 5.75 Å². The van der Waals surface area contributed by atoms with Crippen LogP contribution in [-0.4, -0.2) is 38.0 Å². The highest BCUT2D eigenvalue weighted by Gasteiger charge is 2.39. The summed E-state index contributed by atoms with van der Waals surface area (Å²) >= 11 is 3.32. The second kappa shape index (κ2) is 5.73. The number of sulfone groups is 1. The molecule has 1 atom stereocenters. The third kappa shape index (κ3) is 3.96. The maximum atomic E-state index is 11.9. The summed E-state index contributed by atoms with van der Waals surface area (Å²) in [7, 11) is -3.04. The number of ether oxygens (including phenoxy) is 1. The zero-order chi connectivity index (χ0) is 14.8. The van der Waals surface area contributed by atoms with Crippen molar-refractivity contribution in [3.8, 4) is 5.75 Å². The minimum absolute atomic E-state index is 0.0131. The predicted octanol–water partition coefficient (Wildman–Crippen LogP) is 1.52. The van der Waals surface area contributed by atoms with Crippen molar-refractivity contribution in [1.82, 2.24) is 5.32 Å². The minimum Gasteiger partial charge on any atom is -0.483 e. The Bertz CT molecular complexity index is 617. The lowest BCUT2D eigenvalue weighted by Gasteiger charge is -2.23. The minimum atomic E-state index is -3.04. The number of carbonyl (C=O) groups is 1. The number of nitrogens with one attached hydrogen (secondary N) is 1. The van der Waals surface area contributed by atoms with Crippen LogP contribution in [0.1, 0.15) is 13.3 Å². The van der Waals surface area contributed by atoms with E-state index in [2.05, 4.69) is 21.2 Å². The van der Waals surface area contributed by atoms with Gasteiger partial charge in [0.15, 0.2) is 16.4 Å². The maximum absolute atomic E-state index is 11.9. The molecule has 0 aliphatic carbocycles. The highest BCUT2D eigenvalue weighted by atomic mass is 79.9. The molecule has 5 nitrogen and oxygen atoms in total. The van der Waals surface area contributed by atoms with Crippen molar-refractivity contribution in [2.24, 2.45) is 0 Å². The van der Waals surface area contributed by atoms with Crippen molar-refractivity contribution in [2.75, 3.05) is 18.1 Å². The molecule has 110 valence electrons. The summed E-state index contributed by atoms with van der Waals surface area (Å²) < 4.78 is 29.1. The van der Waals surface area contributed by atoms with Gasteiger partial charge < -0.3 is 10.1 Å². The zero-order valence-corrected chi connectivity index (χ0v) is 13.5. The van der Waals surface area contributed by atoms with Gasteiger partial charge >= 0.3 is 0 Å². The van der Waals surface area contributed by atoms with Gasteiger partial charge in [0.25, 0.3) is 5.91 Å². The first-order valence-corrected chi connectivity index (χ1v) is 8.80. The van der Waals surface area contributed by atoms with E-state index in [4.69, 9.17) is 4.74 Å². The van der Waals surface area contributed by atoms with Crippen LogP contribution in [0.5, 0.6) is 5.75 Å². The molecule has 1 N–H and O–H groups in total. The molecule has 0 saturated carbocycles. The molecule has 0 unspecified atom stereocenters. The number of carbonyl (C=O) groups excluding carboxylic acids is 1. The molecule has 0 spiro atoms. The summed E-state index contributed by atoms with van der Waals surface area (Å²) in [6.07, 6.45) is 0.441. The molecule has 0 radical (unpaired) electrons. The van der Waals surface area contributed by atoms with Crippen molar-refractivity contribution in [3.63, 3.8) is 0 Å². The Balaban J connectivity index is 1.89. The first-order valence-electron chi connectivity index (χ1n) is 6.18. The standard InChI is InChI=1S/C13H16BrNO4S/c1-13(6-7-20(17,18)9-13)15-12(16)8-19-11-5-3-2-4-10(11)14/h2-5H,6-9H2,1H3,(H,15,16)/t13-/m0/s1. The number of hydrogen-bond acceptors (Lipinski definition) is 4. The number of amides is 1. The van der Waals surface area contributed by atoms with Gasteiger partial charge in [-0.15, -0.1) is 0 Å². The highest BCUT2D eigenvalue weighted by Crippen LogP contribution is 2.24. The van der Waals surface area contributed by atoms with Crippen molar-refractivity contribution in [2.45, 2.75) is 18.9 Å². The molecule has 1 amide bonds. The fourth-order valence-electron chi connectivity index (χ4n) is 2.19. The Kier molecular flexibility index (Phi) is 4.39. The van der Waals surface area contributed by atoms with Gasteiger partial charge in [0.2, 0.25) is 0 Å². The van der Waals surface area contributed by atoms with E-state index < -0.39 is 15.4 Å². The largest absolute Gasteiger partial charge is 0.483 e. The van der Waals surface area contributed by atoms with Gasteiger partial charge in [-0.25, -0.2) is 8.42 Å². The zero-order valence-electron chi connectivity index (χ0n) is 11.1. The topological polar surface area (TPSA) is 72.5 Å². The van der Waals surface area contributed by atoms with Crippen LogP contribution in [0.2, 0.25) is 0 Å². The third-order valence-corrected chi connectivity index (χ3v) is 5.70. The predicted molar refractivity (Wildman–Crippen MR) is 79.5 cm³/mol. The van der Waals surface area contributed by atoms with Crippen molar-refractivity contribution >= 4 is 31.7 Å². The quantitative estimate of drug-likeness (QED) is 0.882. The molecule has 1 saturated heterocycles. The smallest absolute Gasteiger partial charge is 0.258 e. The Hall–Kier alpha value is -1.08. The molecule has 20 heavy (non-hydrogen) atoms. The summed E-state index contributed by atoms with van der Waals surface area (Å²) in [5.74, 6) is 0.363. The fourth-order valence-corrected chi connectivity index (χ4v) is 4.68. The van der Waals surface area contributed by atoms with Crippen LogP contribution < -0.4 is 10.1 Å². The second-order valence-electron chi connectivity index (χ2n) is 5.17. The average Bonchev–Trinajstić information content (AvgIpc) is 2.62. The molecule has 1 aliphatic rings. The molecule has 1 aromatic carbocycles. The SMILES string of the molecule is C[C@]1(NC(=O)COc2ccccc2Br)CCS(=O)(=O)C1. The summed E-state index contributed by atoms with van der Waals surface area (Å²) in [6, 6.07) is 7.22. The average molecular weight is 362 g/mol. The Morgan fingerprint density at radius 1 is 1.45 bits per heavy atom. The number of rotatable bonds is 4. The number of hydrogen-bond donors (Lipinski definition) is 1. The second-order valence-corrected chi connectivity index (χ2v) is 8.21. The first kappa shape index (κ1) is 15.3. The van der Waals surface area contributed by atoms with Gasteiger partial charge in [-0.05, 0) is 41.4 Å². The lowest BCUT2D eigenvalue weighted by atomic mass is 10.0. The van der Waals surface area contributed by atoms with E-state index in [1.807, 2.05) is 18.2 Å². The van der Waals surface area contributed by atoms with Crippen molar-refractivity contribution < 1.29 is 17.9 Å². The van der Waals surface area contributed by atoms with Gasteiger partial charge in [0.05, 0.1) is 21.5 Å². The molecular weight excluding hydrogens is 346 g/mol. The Morgan fingerprint density at radius 2 is 2.15 bits per heavy atom. The van der Waals surface area contributed by atoms with Gasteiger partial charge in [-0.3, -0.25) is 4.79 Å². The monoisotopic (exact) mass is 361 g/mol. The highest BCUT2D eigenvalue weighted by molar-refractivity contribution is 9.10. The molecule has 2 rings (SSSR count). The van der Waals surface area contributed by atoms with E-state index in [-0.39, 0.29) is 24.0 Å². The van der Waals surface area contributed by atoms with E-state index in [1.54, 1.807) is 13.0 Å². The fraction of sp³-hybridized carbons (Fsp3) is 0.462. The lowest BCUT2D eigenvalue weighted by Crippen LogP contribution is -2.48. The Morgan fingerprint density at radius 3 is 2.75 bits per heavy atom. The van der Waals surface area contributed by atoms with E-state index in [0.29, 0.717) is 12.2 Å². The Labute approximate surface area is 126 Å². The van der Waals surface area contributed by atoms with E-state index in [9.17, 15) is 13.2 Å². The molecule has 1 heterocycles. The third-order valence-electron chi connectivity index (χ3n) is 3.14. The van der Waals surface area contributed by atoms with E-state index >= 15 is 0 Å². The van der Waals surface area contributed by atoms with Crippen LogP contribution in [0.4, 0.5) is 0 Å². The molecule has 1 aromatic rings. The van der Waals surface area contributed by atoms with E-state index in [1.165, 1.54) is 0 Å². The van der Waals surface area contributed by atoms with Gasteiger partial charge in [0, 0.05) is 0 Å². The van der Waals surface area contributed by atoms with Gasteiger partial charge in [-0.1, -0.05) is 12.1 Å². The van der Waals surface area contributed by atoms with Crippen molar-refractivity contribution in [1.29, 1.82) is 0 Å². The molecule has 0 aromatic heterocycles. The number of halogens is 1. The van der Waals surface area contributed by atoms with Crippen LogP contribution in [-0.2, 0) is 14.6 Å². The lowest BCUT2D eigenvalue weighted by molar-refractivity contribution is -0.124. The van der Waals surface area contributed by atoms with Crippen molar-refractivity contribution in [3.05, 3.63) is 28.7 Å². The number of para-hydroxylation sites is 1. The van der Waals surface area contributed by atoms with Crippen LogP contribution in [0.3, 0.4) is 0 Å².